The van der Waals surface area contributed by atoms with Crippen LogP contribution < -0.4 is 20.1 Å². The summed E-state index contributed by atoms with van der Waals surface area (Å²) in [7, 11) is -1.09. The van der Waals surface area contributed by atoms with Crippen LogP contribution in [-0.4, -0.2) is 57.1 Å². The van der Waals surface area contributed by atoms with E-state index in [0.717, 1.165) is 18.5 Å². The van der Waals surface area contributed by atoms with Crippen LogP contribution in [0.25, 0.3) is 0 Å². The van der Waals surface area contributed by atoms with Crippen molar-refractivity contribution in [2.24, 2.45) is 0 Å². The second-order valence-corrected chi connectivity index (χ2v) is 7.68. The number of hydrogen-bond acceptors (Lipinski definition) is 8. The summed E-state index contributed by atoms with van der Waals surface area (Å²) < 4.78 is 46.2. The number of aromatic nitrogens is 1. The predicted octanol–water partition coefficient (Wildman–Crippen LogP) is 1.58. The third-order valence-electron chi connectivity index (χ3n) is 3.89. The zero-order valence-electron chi connectivity index (χ0n) is 16.8. The lowest BCUT2D eigenvalue weighted by atomic mass is 10.2. The average Bonchev–Trinajstić information content (AvgIpc) is 2.72. The Labute approximate surface area is 175 Å². The van der Waals surface area contributed by atoms with Crippen molar-refractivity contribution in [3.05, 3.63) is 47.7 Å². The van der Waals surface area contributed by atoms with E-state index in [4.69, 9.17) is 18.8 Å². The largest absolute Gasteiger partial charge is 0.493 e. The molecule has 164 valence electrons. The molecule has 0 saturated heterocycles. The van der Waals surface area contributed by atoms with E-state index < -0.39 is 21.9 Å². The van der Waals surface area contributed by atoms with Crippen LogP contribution in [0.1, 0.15) is 22.3 Å². The molecule has 0 aliphatic rings. The van der Waals surface area contributed by atoms with Gasteiger partial charge in [-0.3, -0.25) is 9.35 Å². The Balaban J connectivity index is 1.97. The number of amides is 1. The Kier molecular flexibility index (Phi) is 8.99. The van der Waals surface area contributed by atoms with Crippen LogP contribution in [0.4, 0.5) is 0 Å². The van der Waals surface area contributed by atoms with Gasteiger partial charge in [0.15, 0.2) is 11.5 Å². The lowest BCUT2D eigenvalue weighted by Gasteiger charge is -2.12. The van der Waals surface area contributed by atoms with Crippen molar-refractivity contribution >= 4 is 16.0 Å². The number of nitrogens with zero attached hydrogens (tertiary/aromatic N) is 1. The lowest BCUT2D eigenvalue weighted by Crippen LogP contribution is -2.29. The first kappa shape index (κ1) is 23.5. The van der Waals surface area contributed by atoms with Gasteiger partial charge in [0.2, 0.25) is 5.88 Å². The number of hydrogen-bond donors (Lipinski definition) is 3. The normalized spacial score (nSPS) is 11.2. The number of benzene rings is 1. The number of rotatable bonds is 12. The molecule has 0 spiro atoms. The first-order valence-electron chi connectivity index (χ1n) is 9.06. The maximum Gasteiger partial charge on any atom is 0.283 e. The fourth-order valence-corrected chi connectivity index (χ4v) is 2.74. The van der Waals surface area contributed by atoms with Crippen molar-refractivity contribution < 1.29 is 32.0 Å². The zero-order valence-corrected chi connectivity index (χ0v) is 17.6. The molecule has 2 aromatic rings. The van der Waals surface area contributed by atoms with E-state index in [1.54, 1.807) is 13.2 Å². The van der Waals surface area contributed by atoms with Gasteiger partial charge in [-0.1, -0.05) is 6.07 Å². The molecule has 10 nitrogen and oxygen atoms in total. The Morgan fingerprint density at radius 3 is 2.60 bits per heavy atom. The Hall–Kier alpha value is -2.73. The van der Waals surface area contributed by atoms with Crippen molar-refractivity contribution in [3.63, 3.8) is 0 Å². The quantitative estimate of drug-likeness (QED) is 0.333. The standard InChI is InChI=1S/C19H25N3O7S/c1-27-9-3-8-20-11-14-4-6-16(17(10-14)28-2)29-18-7-5-15(12-21-18)19(23)22-13-30(24,25)26/h4-7,10,12,20H,3,8-9,11,13H2,1-2H3,(H,22,23)(H,24,25,26). The van der Waals surface area contributed by atoms with Crippen LogP contribution in [0.5, 0.6) is 17.4 Å². The number of carbonyl (C=O) groups is 1. The molecule has 0 aliphatic heterocycles. The van der Waals surface area contributed by atoms with Gasteiger partial charge in [0.1, 0.15) is 5.88 Å². The molecule has 0 radical (unpaired) electrons. The predicted molar refractivity (Wildman–Crippen MR) is 109 cm³/mol. The summed E-state index contributed by atoms with van der Waals surface area (Å²) in [5, 5.41) is 5.38. The minimum absolute atomic E-state index is 0.118. The van der Waals surface area contributed by atoms with E-state index in [9.17, 15) is 13.2 Å². The fraction of sp³-hybridized carbons (Fsp3) is 0.368. The van der Waals surface area contributed by atoms with Gasteiger partial charge >= 0.3 is 0 Å². The van der Waals surface area contributed by atoms with Gasteiger partial charge in [-0.15, -0.1) is 0 Å². The molecule has 1 amide bonds. The summed E-state index contributed by atoms with van der Waals surface area (Å²) in [6, 6.07) is 8.41. The number of pyridine rings is 1. The van der Waals surface area contributed by atoms with E-state index in [1.807, 2.05) is 12.1 Å². The highest BCUT2D eigenvalue weighted by Crippen LogP contribution is 2.31. The summed E-state index contributed by atoms with van der Waals surface area (Å²) in [6.45, 7) is 2.21. The van der Waals surface area contributed by atoms with Crippen LogP contribution in [0.15, 0.2) is 36.5 Å². The van der Waals surface area contributed by atoms with Crippen LogP contribution in [-0.2, 0) is 21.4 Å². The van der Waals surface area contributed by atoms with Gasteiger partial charge in [0.25, 0.3) is 16.0 Å². The highest BCUT2D eigenvalue weighted by Gasteiger charge is 2.12. The Morgan fingerprint density at radius 2 is 1.97 bits per heavy atom. The van der Waals surface area contributed by atoms with Crippen LogP contribution in [0, 0.1) is 0 Å². The number of nitrogens with one attached hydrogen (secondary N) is 2. The van der Waals surface area contributed by atoms with Gasteiger partial charge in [0, 0.05) is 32.5 Å². The van der Waals surface area contributed by atoms with Gasteiger partial charge in [-0.2, -0.15) is 8.42 Å². The van der Waals surface area contributed by atoms with Gasteiger partial charge in [0.05, 0.1) is 12.7 Å². The Bertz CT molecular complexity index is 934. The molecule has 11 heteroatoms. The van der Waals surface area contributed by atoms with Crippen molar-refractivity contribution in [1.29, 1.82) is 0 Å². The van der Waals surface area contributed by atoms with E-state index in [1.165, 1.54) is 25.4 Å². The van der Waals surface area contributed by atoms with Gasteiger partial charge in [-0.25, -0.2) is 4.98 Å². The maximum atomic E-state index is 11.8. The molecular formula is C19H25N3O7S. The topological polar surface area (TPSA) is 136 Å². The van der Waals surface area contributed by atoms with Crippen molar-refractivity contribution in [2.75, 3.05) is 33.2 Å². The third-order valence-corrected chi connectivity index (χ3v) is 4.40. The molecule has 1 aromatic carbocycles. The molecule has 0 bridgehead atoms. The summed E-state index contributed by atoms with van der Waals surface area (Å²) in [5.74, 6) is -0.356. The van der Waals surface area contributed by atoms with Gasteiger partial charge < -0.3 is 24.8 Å². The molecule has 2 rings (SSSR count). The maximum absolute atomic E-state index is 11.8. The molecule has 0 saturated carbocycles. The summed E-state index contributed by atoms with van der Waals surface area (Å²) >= 11 is 0. The molecule has 0 fully saturated rings. The van der Waals surface area contributed by atoms with Crippen LogP contribution >= 0.6 is 0 Å². The number of ether oxygens (including phenoxy) is 3. The molecule has 1 aromatic heterocycles. The van der Waals surface area contributed by atoms with E-state index in [0.29, 0.717) is 24.7 Å². The third kappa shape index (κ3) is 7.95. The van der Waals surface area contributed by atoms with Crippen molar-refractivity contribution in [3.8, 4) is 17.4 Å². The molecule has 3 N–H and O–H groups in total. The summed E-state index contributed by atoms with van der Waals surface area (Å²) in [5.41, 5.74) is 1.14. The Morgan fingerprint density at radius 1 is 1.17 bits per heavy atom. The van der Waals surface area contributed by atoms with Crippen LogP contribution in [0.3, 0.4) is 0 Å². The first-order valence-corrected chi connectivity index (χ1v) is 10.7. The molecule has 0 aliphatic carbocycles. The molecule has 0 unspecified atom stereocenters. The second-order valence-electron chi connectivity index (χ2n) is 6.23. The average molecular weight is 439 g/mol. The van der Waals surface area contributed by atoms with Crippen molar-refractivity contribution in [1.82, 2.24) is 15.6 Å². The van der Waals surface area contributed by atoms with E-state index >= 15 is 0 Å². The zero-order chi connectivity index (χ0) is 22.0. The lowest BCUT2D eigenvalue weighted by molar-refractivity contribution is 0.0958. The summed E-state index contributed by atoms with van der Waals surface area (Å²) in [6.07, 6.45) is 2.16. The van der Waals surface area contributed by atoms with E-state index in [2.05, 4.69) is 15.6 Å². The minimum atomic E-state index is -4.30. The SMILES string of the molecule is COCCCNCc1ccc(Oc2ccc(C(=O)NCS(=O)(=O)O)cn2)c(OC)c1. The monoisotopic (exact) mass is 439 g/mol. The smallest absolute Gasteiger partial charge is 0.283 e. The molecular weight excluding hydrogens is 414 g/mol. The molecule has 1 heterocycles. The highest BCUT2D eigenvalue weighted by molar-refractivity contribution is 7.85. The van der Waals surface area contributed by atoms with E-state index in [-0.39, 0.29) is 11.4 Å². The number of methoxy groups -OCH3 is 2. The highest BCUT2D eigenvalue weighted by atomic mass is 32.2. The molecule has 0 atom stereocenters. The second kappa shape index (κ2) is 11.5. The molecule has 30 heavy (non-hydrogen) atoms. The fourth-order valence-electron chi connectivity index (χ4n) is 2.43. The van der Waals surface area contributed by atoms with Crippen LogP contribution in [0.2, 0.25) is 0 Å². The summed E-state index contributed by atoms with van der Waals surface area (Å²) in [4.78, 5) is 15.9. The first-order chi connectivity index (χ1) is 14.3. The van der Waals surface area contributed by atoms with Gasteiger partial charge in [-0.05, 0) is 36.7 Å². The number of carbonyl (C=O) groups excluding carboxylic acids is 1. The van der Waals surface area contributed by atoms with Crippen molar-refractivity contribution in [2.45, 2.75) is 13.0 Å². The minimum Gasteiger partial charge on any atom is -0.493 e.